The van der Waals surface area contributed by atoms with Gasteiger partial charge in [-0.25, -0.2) is 4.79 Å². The van der Waals surface area contributed by atoms with Gasteiger partial charge in [0.2, 0.25) is 0 Å². The maximum atomic E-state index is 12.2. The number of nitrogens with one attached hydrogen (secondary N) is 1. The van der Waals surface area contributed by atoms with Crippen LogP contribution in [0.15, 0.2) is 18.2 Å². The third-order valence-corrected chi connectivity index (χ3v) is 6.01. The molecular weight excluding hydrogens is 336 g/mol. The third-order valence-electron chi connectivity index (χ3n) is 4.63. The van der Waals surface area contributed by atoms with Crippen LogP contribution in [0, 0.1) is 0 Å². The summed E-state index contributed by atoms with van der Waals surface area (Å²) in [6.45, 7) is 7.71. The topological polar surface area (TPSA) is 58.6 Å². The molecule has 1 N–H and O–H groups in total. The van der Waals surface area contributed by atoms with Crippen LogP contribution in [0.5, 0.6) is 0 Å². The first-order chi connectivity index (χ1) is 11.8. The molecule has 1 aromatic rings. The molecule has 0 atom stereocenters. The Balaban J connectivity index is 1.55. The zero-order chi connectivity index (χ0) is 18.0. The summed E-state index contributed by atoms with van der Waals surface area (Å²) in [6, 6.07) is 6.90. The number of carbonyl (C=O) groups excluding carboxylic acids is 1. The van der Waals surface area contributed by atoms with Gasteiger partial charge < -0.3 is 10.1 Å². The van der Waals surface area contributed by atoms with Crippen molar-refractivity contribution in [2.45, 2.75) is 64.9 Å². The predicted octanol–water partition coefficient (Wildman–Crippen LogP) is 2.94. The van der Waals surface area contributed by atoms with Gasteiger partial charge in [-0.2, -0.15) is 0 Å². The molecule has 0 spiro atoms. The highest BCUT2D eigenvalue weighted by atomic mass is 32.2. The van der Waals surface area contributed by atoms with Gasteiger partial charge in [0.05, 0.1) is 0 Å². The van der Waals surface area contributed by atoms with E-state index < -0.39 is 16.4 Å². The van der Waals surface area contributed by atoms with E-state index in [0.717, 1.165) is 30.9 Å². The third kappa shape index (κ3) is 5.05. The lowest BCUT2D eigenvalue weighted by Crippen LogP contribution is -2.35. The normalized spacial score (nSPS) is 23.4. The number of hydrogen-bond donors (Lipinski definition) is 1. The fourth-order valence-corrected chi connectivity index (χ4v) is 4.57. The van der Waals surface area contributed by atoms with Gasteiger partial charge in [0, 0.05) is 48.0 Å². The van der Waals surface area contributed by atoms with Crippen LogP contribution in [0.4, 0.5) is 4.79 Å². The molecular formula is C19H28N2O3S. The molecule has 0 bridgehead atoms. The van der Waals surface area contributed by atoms with Crippen molar-refractivity contribution in [1.82, 2.24) is 10.2 Å². The zero-order valence-corrected chi connectivity index (χ0v) is 16.2. The molecule has 6 heteroatoms. The lowest BCUT2D eigenvalue weighted by atomic mass is 10.1. The smallest absolute Gasteiger partial charge is 0.410 e. The molecule has 1 saturated heterocycles. The van der Waals surface area contributed by atoms with E-state index in [-0.39, 0.29) is 6.09 Å². The van der Waals surface area contributed by atoms with E-state index in [9.17, 15) is 9.00 Å². The standard InChI is InChI=1S/C19H28N2O3S/c1-19(2,3)24-18(22)21-12-15-5-4-14(10-16(15)13-21)11-20-17-6-8-25(23)9-7-17/h4-5,10,17,20H,6-9,11-13H2,1-3H3. The predicted molar refractivity (Wildman–Crippen MR) is 99.7 cm³/mol. The number of rotatable bonds is 3. The molecule has 2 aliphatic heterocycles. The minimum atomic E-state index is -0.614. The molecule has 5 nitrogen and oxygen atoms in total. The van der Waals surface area contributed by atoms with Crippen LogP contribution in [0.2, 0.25) is 0 Å². The molecule has 2 heterocycles. The second-order valence-corrected chi connectivity index (χ2v) is 9.64. The lowest BCUT2D eigenvalue weighted by Gasteiger charge is -2.24. The van der Waals surface area contributed by atoms with E-state index in [1.54, 1.807) is 4.90 Å². The number of carbonyl (C=O) groups is 1. The van der Waals surface area contributed by atoms with Crippen LogP contribution in [0.25, 0.3) is 0 Å². The molecule has 138 valence electrons. The Hall–Kier alpha value is -1.40. The first-order valence-corrected chi connectivity index (χ1v) is 10.5. The molecule has 2 aliphatic rings. The summed E-state index contributed by atoms with van der Waals surface area (Å²) in [7, 11) is -0.614. The van der Waals surface area contributed by atoms with Crippen molar-refractivity contribution in [3.8, 4) is 0 Å². The number of nitrogens with zero attached hydrogens (tertiary/aromatic N) is 1. The van der Waals surface area contributed by atoms with Gasteiger partial charge >= 0.3 is 6.09 Å². The summed E-state index contributed by atoms with van der Waals surface area (Å²) >= 11 is 0. The Labute approximate surface area is 152 Å². The Morgan fingerprint density at radius 3 is 2.60 bits per heavy atom. The molecule has 1 amide bonds. The Morgan fingerprint density at radius 1 is 1.24 bits per heavy atom. The summed E-state index contributed by atoms with van der Waals surface area (Å²) in [5, 5.41) is 3.57. The molecule has 1 aromatic carbocycles. The number of amides is 1. The first-order valence-electron chi connectivity index (χ1n) is 8.97. The van der Waals surface area contributed by atoms with E-state index in [4.69, 9.17) is 4.74 Å². The highest BCUT2D eigenvalue weighted by Gasteiger charge is 2.27. The van der Waals surface area contributed by atoms with Gasteiger partial charge in [0.25, 0.3) is 0 Å². The van der Waals surface area contributed by atoms with Gasteiger partial charge in [-0.15, -0.1) is 0 Å². The number of fused-ring (bicyclic) bond motifs is 1. The minimum absolute atomic E-state index is 0.251. The highest BCUT2D eigenvalue weighted by Crippen LogP contribution is 2.25. The zero-order valence-electron chi connectivity index (χ0n) is 15.3. The average molecular weight is 365 g/mol. The second-order valence-electron chi connectivity index (χ2n) is 7.94. The SMILES string of the molecule is CC(C)(C)OC(=O)N1Cc2ccc(CNC3CCS(=O)CC3)cc2C1. The molecule has 1 fully saturated rings. The summed E-state index contributed by atoms with van der Waals surface area (Å²) in [5.41, 5.74) is 3.17. The Kier molecular flexibility index (Phi) is 5.49. The van der Waals surface area contributed by atoms with Crippen LogP contribution >= 0.6 is 0 Å². The van der Waals surface area contributed by atoms with Crippen molar-refractivity contribution < 1.29 is 13.7 Å². The quantitative estimate of drug-likeness (QED) is 0.896. The van der Waals surface area contributed by atoms with Crippen LogP contribution in [-0.4, -0.2) is 38.4 Å². The van der Waals surface area contributed by atoms with Gasteiger partial charge in [-0.3, -0.25) is 9.11 Å². The number of ether oxygens (including phenoxy) is 1. The maximum Gasteiger partial charge on any atom is 0.410 e. The van der Waals surface area contributed by atoms with Crippen molar-refractivity contribution in [3.63, 3.8) is 0 Å². The van der Waals surface area contributed by atoms with Crippen LogP contribution < -0.4 is 5.32 Å². The fraction of sp³-hybridized carbons (Fsp3) is 0.632. The second kappa shape index (κ2) is 7.46. The van der Waals surface area contributed by atoms with E-state index in [1.807, 2.05) is 20.8 Å². The fourth-order valence-electron chi connectivity index (χ4n) is 3.27. The van der Waals surface area contributed by atoms with Gasteiger partial charge in [-0.1, -0.05) is 18.2 Å². The van der Waals surface area contributed by atoms with E-state index >= 15 is 0 Å². The average Bonchev–Trinajstić information content (AvgIpc) is 2.96. The van der Waals surface area contributed by atoms with Crippen molar-refractivity contribution in [1.29, 1.82) is 0 Å². The number of benzene rings is 1. The van der Waals surface area contributed by atoms with E-state index in [1.165, 1.54) is 16.7 Å². The van der Waals surface area contributed by atoms with E-state index in [0.29, 0.717) is 19.1 Å². The van der Waals surface area contributed by atoms with Crippen molar-refractivity contribution in [2.24, 2.45) is 0 Å². The number of hydrogen-bond acceptors (Lipinski definition) is 4. The highest BCUT2D eigenvalue weighted by molar-refractivity contribution is 7.85. The molecule has 0 radical (unpaired) electrons. The van der Waals surface area contributed by atoms with Crippen LogP contribution in [-0.2, 0) is 35.2 Å². The van der Waals surface area contributed by atoms with Gasteiger partial charge in [-0.05, 0) is 50.3 Å². The van der Waals surface area contributed by atoms with Crippen LogP contribution in [0.1, 0.15) is 50.3 Å². The van der Waals surface area contributed by atoms with Crippen LogP contribution in [0.3, 0.4) is 0 Å². The van der Waals surface area contributed by atoms with Gasteiger partial charge in [0.1, 0.15) is 5.60 Å². The molecule has 0 aromatic heterocycles. The molecule has 0 saturated carbocycles. The lowest BCUT2D eigenvalue weighted by molar-refractivity contribution is 0.0242. The Morgan fingerprint density at radius 2 is 1.92 bits per heavy atom. The first kappa shape index (κ1) is 18.4. The minimum Gasteiger partial charge on any atom is -0.444 e. The molecule has 0 unspecified atom stereocenters. The summed E-state index contributed by atoms with van der Waals surface area (Å²) in [4.78, 5) is 14.0. The summed E-state index contributed by atoms with van der Waals surface area (Å²) < 4.78 is 16.9. The maximum absolute atomic E-state index is 12.2. The van der Waals surface area contributed by atoms with Crippen molar-refractivity contribution in [3.05, 3.63) is 34.9 Å². The Bertz CT molecular complexity index is 659. The van der Waals surface area contributed by atoms with Crippen molar-refractivity contribution in [2.75, 3.05) is 11.5 Å². The molecule has 0 aliphatic carbocycles. The monoisotopic (exact) mass is 364 g/mol. The molecule has 25 heavy (non-hydrogen) atoms. The summed E-state index contributed by atoms with van der Waals surface area (Å²) in [6.07, 6.45) is 1.73. The van der Waals surface area contributed by atoms with Crippen molar-refractivity contribution >= 4 is 16.9 Å². The van der Waals surface area contributed by atoms with E-state index in [2.05, 4.69) is 23.5 Å². The van der Waals surface area contributed by atoms with Gasteiger partial charge in [0.15, 0.2) is 0 Å². The summed E-state index contributed by atoms with van der Waals surface area (Å²) in [5.74, 6) is 1.62. The molecule has 3 rings (SSSR count). The largest absolute Gasteiger partial charge is 0.444 e.